The van der Waals surface area contributed by atoms with E-state index in [2.05, 4.69) is 34.5 Å². The van der Waals surface area contributed by atoms with Crippen molar-refractivity contribution in [1.82, 2.24) is 10.2 Å². The number of hydrogen-bond acceptors (Lipinski definition) is 7. The second-order valence-corrected chi connectivity index (χ2v) is 8.33. The molecule has 7 nitrogen and oxygen atoms in total. The van der Waals surface area contributed by atoms with Crippen molar-refractivity contribution in [2.45, 2.75) is 12.6 Å². The molecule has 1 fully saturated rings. The Bertz CT molecular complexity index is 1090. The summed E-state index contributed by atoms with van der Waals surface area (Å²) >= 11 is 0. The molecule has 178 valence electrons. The minimum absolute atomic E-state index is 0.00238. The van der Waals surface area contributed by atoms with Crippen LogP contribution in [0.3, 0.4) is 0 Å². The van der Waals surface area contributed by atoms with E-state index in [1.54, 1.807) is 14.2 Å². The van der Waals surface area contributed by atoms with Gasteiger partial charge in [0.1, 0.15) is 6.61 Å². The van der Waals surface area contributed by atoms with Gasteiger partial charge >= 0.3 is 0 Å². The van der Waals surface area contributed by atoms with Gasteiger partial charge in [0.25, 0.3) is 0 Å². The van der Waals surface area contributed by atoms with Crippen LogP contribution in [-0.2, 0) is 6.61 Å². The largest absolute Gasteiger partial charge is 0.493 e. The van der Waals surface area contributed by atoms with Crippen LogP contribution in [0.4, 0.5) is 0 Å². The van der Waals surface area contributed by atoms with Crippen LogP contribution >= 0.6 is 0 Å². The topological polar surface area (TPSA) is 61.4 Å². The average molecular weight is 463 g/mol. The molecule has 5 rings (SSSR count). The van der Waals surface area contributed by atoms with E-state index in [0.29, 0.717) is 23.9 Å². The molecule has 0 aliphatic carbocycles. The van der Waals surface area contributed by atoms with Crippen LogP contribution in [0, 0.1) is 0 Å². The lowest BCUT2D eigenvalue weighted by molar-refractivity contribution is 0.173. The molecule has 0 aromatic heterocycles. The zero-order chi connectivity index (χ0) is 23.3. The summed E-state index contributed by atoms with van der Waals surface area (Å²) in [5.74, 6) is 3.45. The number of piperazine rings is 1. The summed E-state index contributed by atoms with van der Waals surface area (Å²) in [4.78, 5) is 2.47. The van der Waals surface area contributed by atoms with Gasteiger partial charge in [-0.3, -0.25) is 4.90 Å². The van der Waals surface area contributed by atoms with Crippen LogP contribution < -0.4 is 29.0 Å². The van der Waals surface area contributed by atoms with Crippen molar-refractivity contribution < 1.29 is 23.7 Å². The predicted octanol–water partition coefficient (Wildman–Crippen LogP) is 4.01. The Kier molecular flexibility index (Phi) is 6.74. The lowest BCUT2D eigenvalue weighted by Gasteiger charge is -2.36. The summed E-state index contributed by atoms with van der Waals surface area (Å²) in [5, 5.41) is 3.44. The SMILES string of the molecule is COc1cc(C(c2ccc3c(c2)OCO3)N2CCNCC2)cc(OC)c1OCc1ccccc1. The van der Waals surface area contributed by atoms with Crippen LogP contribution in [0.25, 0.3) is 0 Å². The summed E-state index contributed by atoms with van der Waals surface area (Å²) in [6.07, 6.45) is 0. The van der Waals surface area contributed by atoms with Gasteiger partial charge in [0.05, 0.1) is 20.3 Å². The van der Waals surface area contributed by atoms with E-state index < -0.39 is 0 Å². The number of methoxy groups -OCH3 is 2. The number of benzene rings is 3. The van der Waals surface area contributed by atoms with Gasteiger partial charge < -0.3 is 29.0 Å². The molecule has 1 atom stereocenters. The fourth-order valence-corrected chi connectivity index (χ4v) is 4.57. The van der Waals surface area contributed by atoms with Gasteiger partial charge in [-0.1, -0.05) is 36.4 Å². The lowest BCUT2D eigenvalue weighted by atomic mass is 9.95. The zero-order valence-electron chi connectivity index (χ0n) is 19.6. The highest BCUT2D eigenvalue weighted by Crippen LogP contribution is 2.44. The van der Waals surface area contributed by atoms with Gasteiger partial charge in [0.15, 0.2) is 23.0 Å². The van der Waals surface area contributed by atoms with E-state index in [9.17, 15) is 0 Å². The molecule has 0 amide bonds. The third kappa shape index (κ3) is 4.62. The zero-order valence-corrected chi connectivity index (χ0v) is 19.6. The quantitative estimate of drug-likeness (QED) is 0.543. The highest BCUT2D eigenvalue weighted by Gasteiger charge is 2.28. The Hall–Kier alpha value is -3.42. The van der Waals surface area contributed by atoms with Crippen molar-refractivity contribution in [1.29, 1.82) is 0 Å². The van der Waals surface area contributed by atoms with Gasteiger partial charge in [0.2, 0.25) is 12.5 Å². The van der Waals surface area contributed by atoms with Gasteiger partial charge in [-0.05, 0) is 41.0 Å². The maximum Gasteiger partial charge on any atom is 0.231 e. The van der Waals surface area contributed by atoms with Crippen LogP contribution in [-0.4, -0.2) is 52.1 Å². The van der Waals surface area contributed by atoms with Crippen molar-refractivity contribution in [2.75, 3.05) is 47.2 Å². The minimum atomic E-state index is 0.00238. The number of fused-ring (bicyclic) bond motifs is 1. The van der Waals surface area contributed by atoms with Gasteiger partial charge in [-0.15, -0.1) is 0 Å². The molecule has 2 heterocycles. The third-order valence-corrected chi connectivity index (χ3v) is 6.25. The molecule has 34 heavy (non-hydrogen) atoms. The van der Waals surface area contributed by atoms with E-state index >= 15 is 0 Å². The lowest BCUT2D eigenvalue weighted by Crippen LogP contribution is -2.45. The van der Waals surface area contributed by atoms with Gasteiger partial charge in [0, 0.05) is 26.2 Å². The predicted molar refractivity (Wildman–Crippen MR) is 129 cm³/mol. The minimum Gasteiger partial charge on any atom is -0.493 e. The molecule has 2 aliphatic heterocycles. The number of hydrogen-bond donors (Lipinski definition) is 1. The third-order valence-electron chi connectivity index (χ3n) is 6.25. The van der Waals surface area contributed by atoms with Crippen LogP contribution in [0.1, 0.15) is 22.7 Å². The highest BCUT2D eigenvalue weighted by atomic mass is 16.7. The average Bonchev–Trinajstić information content (AvgIpc) is 3.37. The molecule has 0 saturated carbocycles. The fraction of sp³-hybridized carbons (Fsp3) is 0.333. The van der Waals surface area contributed by atoms with Crippen LogP contribution in [0.15, 0.2) is 60.7 Å². The normalized spacial score (nSPS) is 16.2. The van der Waals surface area contributed by atoms with Crippen molar-refractivity contribution in [3.8, 4) is 28.7 Å². The number of ether oxygens (including phenoxy) is 5. The molecular formula is C27H30N2O5. The highest BCUT2D eigenvalue weighted by molar-refractivity contribution is 5.56. The first kappa shape index (κ1) is 22.4. The standard InChI is InChI=1S/C27H30N2O5/c1-30-24-15-21(16-25(31-2)27(24)32-17-19-6-4-3-5-7-19)26(29-12-10-28-11-13-29)20-8-9-22-23(14-20)34-18-33-22/h3-9,14-16,26,28H,10-13,17-18H2,1-2H3. The van der Waals surface area contributed by atoms with E-state index in [1.165, 1.54) is 0 Å². The maximum absolute atomic E-state index is 6.17. The number of rotatable bonds is 8. The summed E-state index contributed by atoms with van der Waals surface area (Å²) in [6.45, 7) is 4.41. The molecule has 1 saturated heterocycles. The van der Waals surface area contributed by atoms with E-state index in [4.69, 9.17) is 23.7 Å². The van der Waals surface area contributed by atoms with Gasteiger partial charge in [-0.2, -0.15) is 0 Å². The molecule has 0 radical (unpaired) electrons. The Morgan fingerprint density at radius 1 is 0.853 bits per heavy atom. The first-order valence-corrected chi connectivity index (χ1v) is 11.5. The fourth-order valence-electron chi connectivity index (χ4n) is 4.57. The molecule has 3 aromatic carbocycles. The smallest absolute Gasteiger partial charge is 0.231 e. The Balaban J connectivity index is 1.52. The molecule has 0 spiro atoms. The maximum atomic E-state index is 6.17. The first-order valence-electron chi connectivity index (χ1n) is 11.5. The summed E-state index contributed by atoms with van der Waals surface area (Å²) in [6, 6.07) is 20.3. The Morgan fingerprint density at radius 3 is 2.26 bits per heavy atom. The van der Waals surface area contributed by atoms with Crippen LogP contribution in [0.5, 0.6) is 28.7 Å². The monoisotopic (exact) mass is 462 g/mol. The summed E-state index contributed by atoms with van der Waals surface area (Å²) in [5.41, 5.74) is 3.28. The van der Waals surface area contributed by atoms with Crippen molar-refractivity contribution in [3.05, 3.63) is 77.4 Å². The molecule has 1 unspecified atom stereocenters. The first-order chi connectivity index (χ1) is 16.8. The van der Waals surface area contributed by atoms with Crippen molar-refractivity contribution >= 4 is 0 Å². The van der Waals surface area contributed by atoms with E-state index in [-0.39, 0.29) is 12.8 Å². The molecular weight excluding hydrogens is 432 g/mol. The van der Waals surface area contributed by atoms with Crippen molar-refractivity contribution in [3.63, 3.8) is 0 Å². The summed E-state index contributed by atoms with van der Waals surface area (Å²) in [7, 11) is 3.32. The second kappa shape index (κ2) is 10.2. The van der Waals surface area contributed by atoms with Crippen molar-refractivity contribution in [2.24, 2.45) is 0 Å². The Labute approximate surface area is 200 Å². The van der Waals surface area contributed by atoms with Crippen LogP contribution in [0.2, 0.25) is 0 Å². The summed E-state index contributed by atoms with van der Waals surface area (Å²) < 4.78 is 28.9. The Morgan fingerprint density at radius 2 is 1.56 bits per heavy atom. The number of nitrogens with zero attached hydrogens (tertiary/aromatic N) is 1. The van der Waals surface area contributed by atoms with E-state index in [1.807, 2.05) is 36.4 Å². The number of nitrogens with one attached hydrogen (secondary N) is 1. The van der Waals surface area contributed by atoms with E-state index in [0.717, 1.165) is 54.4 Å². The molecule has 1 N–H and O–H groups in total. The molecule has 3 aromatic rings. The molecule has 0 bridgehead atoms. The molecule has 7 heteroatoms. The molecule has 2 aliphatic rings. The van der Waals surface area contributed by atoms with Gasteiger partial charge in [-0.25, -0.2) is 0 Å². The second-order valence-electron chi connectivity index (χ2n) is 8.33.